The Hall–Kier alpha value is -1.92. The van der Waals surface area contributed by atoms with Crippen molar-refractivity contribution >= 4 is 16.7 Å². The number of fused-ring (bicyclic) bond motifs is 4. The van der Waals surface area contributed by atoms with Crippen LogP contribution in [0.4, 0.5) is 0 Å². The molecular formula is C30H40N2O4. The van der Waals surface area contributed by atoms with E-state index in [4.69, 9.17) is 9.47 Å². The Morgan fingerprint density at radius 1 is 1.17 bits per heavy atom. The molecule has 4 saturated carbocycles. The van der Waals surface area contributed by atoms with E-state index in [1.54, 1.807) is 7.11 Å². The minimum Gasteiger partial charge on any atom is -0.497 e. The lowest BCUT2D eigenvalue weighted by Crippen LogP contribution is -2.58. The van der Waals surface area contributed by atoms with Gasteiger partial charge in [-0.15, -0.1) is 0 Å². The molecular weight excluding hydrogens is 452 g/mol. The summed E-state index contributed by atoms with van der Waals surface area (Å²) in [5.41, 5.74) is 0.673. The number of methoxy groups -OCH3 is 1. The summed E-state index contributed by atoms with van der Waals surface area (Å²) in [5.74, 6) is 3.72. The lowest BCUT2D eigenvalue weighted by atomic mass is 9.44. The van der Waals surface area contributed by atoms with E-state index < -0.39 is 5.60 Å². The molecule has 36 heavy (non-hydrogen) atoms. The van der Waals surface area contributed by atoms with Gasteiger partial charge >= 0.3 is 0 Å². The lowest BCUT2D eigenvalue weighted by Gasteiger charge is -2.60. The third-order valence-corrected chi connectivity index (χ3v) is 11.7. The highest BCUT2D eigenvalue weighted by Crippen LogP contribution is 2.70. The number of benzene rings is 1. The number of nitrogens with zero attached hydrogens (tertiary/aromatic N) is 2. The smallest absolute Gasteiger partial charge is 0.157 e. The number of aliphatic hydroxyl groups is 1. The van der Waals surface area contributed by atoms with E-state index in [-0.39, 0.29) is 16.7 Å². The highest BCUT2D eigenvalue weighted by molar-refractivity contribution is 5.84. The SMILES string of the molecule is COc1ccc2cn(CC(=O)[C@H]3CC[C@H]4[C@@H]5C[C@H]6OC[C@@]7(CC[C@@](C)(O)CC67)C5CC[C@]34C)nc2c1. The molecule has 6 heteroatoms. The van der Waals surface area contributed by atoms with Crippen LogP contribution in [0.5, 0.6) is 5.75 Å². The number of hydrogen-bond acceptors (Lipinski definition) is 5. The van der Waals surface area contributed by atoms with Gasteiger partial charge in [-0.2, -0.15) is 5.10 Å². The molecule has 6 nitrogen and oxygen atoms in total. The van der Waals surface area contributed by atoms with Crippen LogP contribution in [-0.2, 0) is 16.1 Å². The van der Waals surface area contributed by atoms with Crippen molar-refractivity contribution in [3.63, 3.8) is 0 Å². The first kappa shape index (κ1) is 23.2. The first-order valence-electron chi connectivity index (χ1n) is 14.1. The topological polar surface area (TPSA) is 73.6 Å². The first-order valence-corrected chi connectivity index (χ1v) is 14.1. The summed E-state index contributed by atoms with van der Waals surface area (Å²) >= 11 is 0. The van der Waals surface area contributed by atoms with Gasteiger partial charge in [0, 0.05) is 29.0 Å². The Morgan fingerprint density at radius 2 is 2.03 bits per heavy atom. The van der Waals surface area contributed by atoms with Gasteiger partial charge in [0.1, 0.15) is 5.75 Å². The normalized spacial score (nSPS) is 45.2. The molecule has 1 N–H and O–H groups in total. The predicted molar refractivity (Wildman–Crippen MR) is 137 cm³/mol. The summed E-state index contributed by atoms with van der Waals surface area (Å²) in [5, 5.41) is 16.6. The fraction of sp³-hybridized carbons (Fsp3) is 0.733. The molecule has 5 aliphatic rings. The maximum absolute atomic E-state index is 13.7. The summed E-state index contributed by atoms with van der Waals surface area (Å²) in [6.45, 7) is 5.69. The maximum Gasteiger partial charge on any atom is 0.157 e. The van der Waals surface area contributed by atoms with E-state index in [1.807, 2.05) is 36.0 Å². The molecule has 194 valence electrons. The van der Waals surface area contributed by atoms with Crippen molar-refractivity contribution in [3.05, 3.63) is 24.4 Å². The Bertz CT molecular complexity index is 1200. The molecule has 1 aromatic heterocycles. The average molecular weight is 493 g/mol. The van der Waals surface area contributed by atoms with Crippen LogP contribution < -0.4 is 4.74 Å². The summed E-state index contributed by atoms with van der Waals surface area (Å²) in [7, 11) is 1.66. The van der Waals surface area contributed by atoms with Crippen LogP contribution in [-0.4, -0.2) is 46.1 Å². The minimum atomic E-state index is -0.538. The van der Waals surface area contributed by atoms with E-state index in [0.717, 1.165) is 68.2 Å². The monoisotopic (exact) mass is 492 g/mol. The van der Waals surface area contributed by atoms with Crippen LogP contribution in [0.3, 0.4) is 0 Å². The molecule has 0 amide bonds. The van der Waals surface area contributed by atoms with Crippen molar-refractivity contribution in [2.75, 3.05) is 13.7 Å². The number of Topliss-reactive ketones (excluding diaryl/α,β-unsaturated/α-hetero) is 1. The van der Waals surface area contributed by atoms with Gasteiger partial charge in [0.15, 0.2) is 5.78 Å². The molecule has 2 bridgehead atoms. The third kappa shape index (κ3) is 3.22. The standard InChI is InChI=1S/C30H40N2O4/c1-28(34)10-11-30-17-36-27(24(30)14-28)13-20-21-6-7-23(29(21,2)9-8-22(20)30)26(33)16-32-15-18-4-5-19(35-3)12-25(18)31-32/h4-5,12,15,20-24,27,34H,6-11,13-14,16-17H2,1-3H3/t20-,21-,22?,23+,24?,27+,28+,29-,30-/m0/s1. The Morgan fingerprint density at radius 3 is 2.86 bits per heavy atom. The fourth-order valence-electron chi connectivity index (χ4n) is 9.98. The van der Waals surface area contributed by atoms with Gasteiger partial charge in [-0.1, -0.05) is 6.92 Å². The summed E-state index contributed by atoms with van der Waals surface area (Å²) in [4.78, 5) is 13.7. The highest BCUT2D eigenvalue weighted by atomic mass is 16.5. The number of carbonyl (C=O) groups is 1. The van der Waals surface area contributed by atoms with Crippen LogP contribution in [0.1, 0.15) is 65.2 Å². The van der Waals surface area contributed by atoms with Crippen LogP contribution in [0.2, 0.25) is 0 Å². The first-order chi connectivity index (χ1) is 17.2. The molecule has 9 atom stereocenters. The Kier molecular flexibility index (Phi) is 5.03. The van der Waals surface area contributed by atoms with E-state index in [0.29, 0.717) is 42.1 Å². The number of rotatable bonds is 4. The third-order valence-electron chi connectivity index (χ3n) is 11.7. The van der Waals surface area contributed by atoms with Crippen LogP contribution in [0.15, 0.2) is 24.4 Å². The molecule has 2 aromatic rings. The van der Waals surface area contributed by atoms with Gasteiger partial charge in [0.05, 0.1) is 37.5 Å². The Balaban J connectivity index is 1.11. The number of ketones is 1. The van der Waals surface area contributed by atoms with Gasteiger partial charge in [0.25, 0.3) is 0 Å². The van der Waals surface area contributed by atoms with E-state index in [9.17, 15) is 9.90 Å². The number of carbonyl (C=O) groups excluding carboxylic acids is 1. The van der Waals surface area contributed by atoms with Crippen LogP contribution >= 0.6 is 0 Å². The lowest BCUT2D eigenvalue weighted by molar-refractivity contribution is -0.145. The van der Waals surface area contributed by atoms with Gasteiger partial charge < -0.3 is 14.6 Å². The zero-order valence-corrected chi connectivity index (χ0v) is 21.9. The van der Waals surface area contributed by atoms with Crippen LogP contribution in [0.25, 0.3) is 10.9 Å². The van der Waals surface area contributed by atoms with Gasteiger partial charge in [-0.3, -0.25) is 9.48 Å². The molecule has 0 radical (unpaired) electrons. The molecule has 2 heterocycles. The second-order valence-electron chi connectivity index (χ2n) is 13.4. The number of aromatic nitrogens is 2. The van der Waals surface area contributed by atoms with E-state index in [1.165, 1.54) is 6.42 Å². The second kappa shape index (κ2) is 7.80. The summed E-state index contributed by atoms with van der Waals surface area (Å²) in [6.07, 6.45) is 10.8. The van der Waals surface area contributed by atoms with Crippen molar-refractivity contribution in [1.82, 2.24) is 9.78 Å². The van der Waals surface area contributed by atoms with Gasteiger partial charge in [-0.25, -0.2) is 0 Å². The van der Waals surface area contributed by atoms with Gasteiger partial charge in [0.2, 0.25) is 0 Å². The number of hydrogen-bond donors (Lipinski definition) is 1. The molecule has 5 fully saturated rings. The average Bonchev–Trinajstić information content (AvgIpc) is 3.48. The largest absolute Gasteiger partial charge is 0.497 e. The summed E-state index contributed by atoms with van der Waals surface area (Å²) < 4.78 is 13.6. The molecule has 0 spiro atoms. The molecule has 4 aliphatic carbocycles. The molecule has 1 saturated heterocycles. The van der Waals surface area contributed by atoms with E-state index >= 15 is 0 Å². The maximum atomic E-state index is 13.7. The molecule has 1 aromatic carbocycles. The van der Waals surface area contributed by atoms with Crippen molar-refractivity contribution in [1.29, 1.82) is 0 Å². The molecule has 2 unspecified atom stereocenters. The van der Waals surface area contributed by atoms with Crippen LogP contribution in [0, 0.1) is 40.4 Å². The van der Waals surface area contributed by atoms with E-state index in [2.05, 4.69) is 12.0 Å². The van der Waals surface area contributed by atoms with Crippen molar-refractivity contribution in [3.8, 4) is 5.75 Å². The molecule has 7 rings (SSSR count). The second-order valence-corrected chi connectivity index (χ2v) is 13.4. The quantitative estimate of drug-likeness (QED) is 0.649. The van der Waals surface area contributed by atoms with Gasteiger partial charge in [-0.05, 0) is 99.5 Å². The summed E-state index contributed by atoms with van der Waals surface area (Å²) in [6, 6.07) is 5.88. The minimum absolute atomic E-state index is 0.0805. The van der Waals surface area contributed by atoms with Crippen molar-refractivity contribution in [2.45, 2.75) is 83.5 Å². The molecule has 1 aliphatic heterocycles. The number of ether oxygens (including phenoxy) is 2. The zero-order valence-electron chi connectivity index (χ0n) is 21.9. The highest BCUT2D eigenvalue weighted by Gasteiger charge is 2.67. The predicted octanol–water partition coefficient (Wildman–Crippen LogP) is 5.01. The Labute approximate surface area is 213 Å². The van der Waals surface area contributed by atoms with Crippen molar-refractivity contribution < 1.29 is 19.4 Å². The fourth-order valence-corrected chi connectivity index (χ4v) is 9.98. The zero-order chi connectivity index (χ0) is 24.9. The van der Waals surface area contributed by atoms with Crippen molar-refractivity contribution in [2.24, 2.45) is 40.4 Å².